The Labute approximate surface area is 144 Å². The van der Waals surface area contributed by atoms with Crippen LogP contribution in [-0.2, 0) is 0 Å². The van der Waals surface area contributed by atoms with E-state index in [1.807, 2.05) is 6.33 Å². The Morgan fingerprint density at radius 2 is 1.76 bits per heavy atom. The molecule has 1 saturated carbocycles. The highest BCUT2D eigenvalue weighted by Crippen LogP contribution is 2.38. The zero-order valence-electron chi connectivity index (χ0n) is 13.8. The van der Waals surface area contributed by atoms with Gasteiger partial charge in [0.2, 0.25) is 0 Å². The van der Waals surface area contributed by atoms with Crippen LogP contribution in [0.5, 0.6) is 0 Å². The fourth-order valence-electron chi connectivity index (χ4n) is 3.47. The SMILES string of the molecule is O=C(c1ccc(C(F)F)cc1)N1CCC(c2nncn2C2CC2)CC1. The molecular weight excluding hydrogens is 326 g/mol. The zero-order valence-corrected chi connectivity index (χ0v) is 13.8. The number of alkyl halides is 2. The lowest BCUT2D eigenvalue weighted by atomic mass is 9.95. The number of nitrogens with zero attached hydrogens (tertiary/aromatic N) is 4. The molecule has 2 heterocycles. The molecule has 2 fully saturated rings. The summed E-state index contributed by atoms with van der Waals surface area (Å²) in [7, 11) is 0. The summed E-state index contributed by atoms with van der Waals surface area (Å²) in [6.45, 7) is 1.30. The van der Waals surface area contributed by atoms with E-state index in [0.717, 1.165) is 18.7 Å². The van der Waals surface area contributed by atoms with Gasteiger partial charge in [-0.1, -0.05) is 12.1 Å². The van der Waals surface area contributed by atoms with Crippen molar-refractivity contribution in [1.29, 1.82) is 0 Å². The molecule has 0 radical (unpaired) electrons. The van der Waals surface area contributed by atoms with Crippen LogP contribution in [0.25, 0.3) is 0 Å². The van der Waals surface area contributed by atoms with Crippen LogP contribution in [0.15, 0.2) is 30.6 Å². The molecule has 7 heteroatoms. The van der Waals surface area contributed by atoms with Gasteiger partial charge in [0, 0.05) is 36.2 Å². The smallest absolute Gasteiger partial charge is 0.263 e. The predicted molar refractivity (Wildman–Crippen MR) is 87.6 cm³/mol. The Balaban J connectivity index is 1.39. The molecule has 1 saturated heterocycles. The third kappa shape index (κ3) is 3.27. The van der Waals surface area contributed by atoms with Crippen LogP contribution in [0.3, 0.4) is 0 Å². The van der Waals surface area contributed by atoms with E-state index < -0.39 is 6.43 Å². The van der Waals surface area contributed by atoms with Crippen LogP contribution in [-0.4, -0.2) is 38.7 Å². The largest absolute Gasteiger partial charge is 0.339 e. The molecule has 0 bridgehead atoms. The van der Waals surface area contributed by atoms with Gasteiger partial charge in [-0.15, -0.1) is 10.2 Å². The number of hydrogen-bond donors (Lipinski definition) is 0. The maximum Gasteiger partial charge on any atom is 0.263 e. The first-order chi connectivity index (χ1) is 12.1. The molecule has 0 unspecified atom stereocenters. The third-order valence-electron chi connectivity index (χ3n) is 5.10. The van der Waals surface area contributed by atoms with Crippen molar-refractivity contribution >= 4 is 5.91 Å². The van der Waals surface area contributed by atoms with Gasteiger partial charge < -0.3 is 9.47 Å². The molecule has 2 aromatic rings. The number of halogens is 2. The highest BCUT2D eigenvalue weighted by molar-refractivity contribution is 5.94. The summed E-state index contributed by atoms with van der Waals surface area (Å²) in [6, 6.07) is 6.17. The lowest BCUT2D eigenvalue weighted by Crippen LogP contribution is -2.38. The van der Waals surface area contributed by atoms with E-state index in [0.29, 0.717) is 30.6 Å². The number of benzene rings is 1. The second-order valence-corrected chi connectivity index (χ2v) is 6.82. The Morgan fingerprint density at radius 1 is 1.08 bits per heavy atom. The maximum absolute atomic E-state index is 12.6. The number of carbonyl (C=O) groups is 1. The second-order valence-electron chi connectivity index (χ2n) is 6.82. The average molecular weight is 346 g/mol. The second kappa shape index (κ2) is 6.54. The highest BCUT2D eigenvalue weighted by Gasteiger charge is 2.32. The molecule has 5 nitrogen and oxygen atoms in total. The normalized spacial score (nSPS) is 18.8. The summed E-state index contributed by atoms with van der Waals surface area (Å²) >= 11 is 0. The molecule has 2 aliphatic rings. The summed E-state index contributed by atoms with van der Waals surface area (Å²) < 4.78 is 27.4. The summed E-state index contributed by atoms with van der Waals surface area (Å²) in [6.07, 6.45) is 3.39. The van der Waals surface area contributed by atoms with E-state index in [9.17, 15) is 13.6 Å². The number of amides is 1. The number of piperidine rings is 1. The Kier molecular flexibility index (Phi) is 4.23. The molecule has 4 rings (SSSR count). The van der Waals surface area contributed by atoms with Crippen molar-refractivity contribution in [1.82, 2.24) is 19.7 Å². The summed E-state index contributed by atoms with van der Waals surface area (Å²) in [5, 5.41) is 8.35. The number of hydrogen-bond acceptors (Lipinski definition) is 3. The molecule has 1 amide bonds. The molecule has 0 N–H and O–H groups in total. The van der Waals surface area contributed by atoms with E-state index in [4.69, 9.17) is 0 Å². The predicted octanol–water partition coefficient (Wildman–Crippen LogP) is 3.57. The summed E-state index contributed by atoms with van der Waals surface area (Å²) in [4.78, 5) is 14.4. The average Bonchev–Trinajstić information content (AvgIpc) is 3.38. The molecule has 132 valence electrons. The van der Waals surface area contributed by atoms with Gasteiger partial charge in [0.15, 0.2) is 0 Å². The van der Waals surface area contributed by atoms with Crippen LogP contribution >= 0.6 is 0 Å². The van der Waals surface area contributed by atoms with Crippen molar-refractivity contribution in [3.05, 3.63) is 47.5 Å². The number of rotatable bonds is 4. The lowest BCUT2D eigenvalue weighted by Gasteiger charge is -2.31. The topological polar surface area (TPSA) is 51.0 Å². The Morgan fingerprint density at radius 3 is 2.36 bits per heavy atom. The van der Waals surface area contributed by atoms with Crippen LogP contribution in [0, 0.1) is 0 Å². The van der Waals surface area contributed by atoms with Gasteiger partial charge in [-0.25, -0.2) is 8.78 Å². The lowest BCUT2D eigenvalue weighted by molar-refractivity contribution is 0.0709. The fraction of sp³-hybridized carbons (Fsp3) is 0.500. The van der Waals surface area contributed by atoms with Gasteiger partial charge in [0.1, 0.15) is 12.2 Å². The van der Waals surface area contributed by atoms with E-state index in [2.05, 4.69) is 14.8 Å². The van der Waals surface area contributed by atoms with Gasteiger partial charge in [-0.05, 0) is 37.8 Å². The van der Waals surface area contributed by atoms with Gasteiger partial charge in [-0.2, -0.15) is 0 Å². The van der Waals surface area contributed by atoms with Crippen molar-refractivity contribution in [2.75, 3.05) is 13.1 Å². The van der Waals surface area contributed by atoms with Crippen molar-refractivity contribution in [2.45, 2.75) is 44.1 Å². The van der Waals surface area contributed by atoms with Crippen molar-refractivity contribution in [3.63, 3.8) is 0 Å². The summed E-state index contributed by atoms with van der Waals surface area (Å²) in [5.74, 6) is 1.27. The van der Waals surface area contributed by atoms with Crippen molar-refractivity contribution in [2.24, 2.45) is 0 Å². The molecule has 0 atom stereocenters. The van der Waals surface area contributed by atoms with Gasteiger partial charge in [0.05, 0.1) is 0 Å². The van der Waals surface area contributed by atoms with Crippen molar-refractivity contribution in [3.8, 4) is 0 Å². The molecule has 1 aromatic heterocycles. The molecule has 25 heavy (non-hydrogen) atoms. The van der Waals surface area contributed by atoms with Gasteiger partial charge in [0.25, 0.3) is 12.3 Å². The van der Waals surface area contributed by atoms with Gasteiger partial charge in [-0.3, -0.25) is 4.79 Å². The minimum atomic E-state index is -2.51. The van der Waals surface area contributed by atoms with Gasteiger partial charge >= 0.3 is 0 Å². The third-order valence-corrected chi connectivity index (χ3v) is 5.10. The van der Waals surface area contributed by atoms with E-state index in [-0.39, 0.29) is 11.5 Å². The standard InChI is InChI=1S/C18H20F2N4O/c19-16(20)12-1-3-14(4-2-12)18(25)23-9-7-13(8-10-23)17-22-21-11-24(17)15-5-6-15/h1-4,11,13,15-16H,5-10H2. The van der Waals surface area contributed by atoms with E-state index in [1.54, 1.807) is 4.90 Å². The van der Waals surface area contributed by atoms with Crippen LogP contribution in [0.1, 0.15) is 65.8 Å². The quantitative estimate of drug-likeness (QED) is 0.850. The molecule has 1 aliphatic heterocycles. The number of aromatic nitrogens is 3. The number of carbonyl (C=O) groups excluding carboxylic acids is 1. The molecule has 1 aromatic carbocycles. The van der Waals surface area contributed by atoms with E-state index in [1.165, 1.54) is 37.1 Å². The minimum absolute atomic E-state index is 0.0605. The van der Waals surface area contributed by atoms with Crippen LogP contribution in [0.2, 0.25) is 0 Å². The number of likely N-dealkylation sites (tertiary alicyclic amines) is 1. The highest BCUT2D eigenvalue weighted by atomic mass is 19.3. The fourth-order valence-corrected chi connectivity index (χ4v) is 3.47. The van der Waals surface area contributed by atoms with Crippen LogP contribution in [0.4, 0.5) is 8.78 Å². The summed E-state index contributed by atoms with van der Waals surface area (Å²) in [5.41, 5.74) is 0.402. The first-order valence-electron chi connectivity index (χ1n) is 8.70. The maximum atomic E-state index is 12.6. The minimum Gasteiger partial charge on any atom is -0.339 e. The van der Waals surface area contributed by atoms with Crippen molar-refractivity contribution < 1.29 is 13.6 Å². The molecule has 1 aliphatic carbocycles. The first-order valence-corrected chi connectivity index (χ1v) is 8.70. The first kappa shape index (κ1) is 16.2. The zero-order chi connectivity index (χ0) is 17.4. The Bertz CT molecular complexity index is 747. The Hall–Kier alpha value is -2.31. The van der Waals surface area contributed by atoms with Crippen LogP contribution < -0.4 is 0 Å². The monoisotopic (exact) mass is 346 g/mol. The van der Waals surface area contributed by atoms with E-state index >= 15 is 0 Å². The molecular formula is C18H20F2N4O. The molecule has 0 spiro atoms.